The molecule has 0 radical (unpaired) electrons. The van der Waals surface area contributed by atoms with Crippen molar-refractivity contribution < 1.29 is 0 Å². The van der Waals surface area contributed by atoms with Gasteiger partial charge in [0.15, 0.2) is 0 Å². The SMILES string of the molecule is C=C/C(C)=c1\c(=C)ncc2nc(C)[nH]c12. The van der Waals surface area contributed by atoms with Crippen LogP contribution in [0.4, 0.5) is 0 Å². The molecule has 0 fully saturated rings. The van der Waals surface area contributed by atoms with Gasteiger partial charge in [-0.1, -0.05) is 19.2 Å². The summed E-state index contributed by atoms with van der Waals surface area (Å²) in [5.41, 5.74) is 2.92. The minimum atomic E-state index is 0.753. The smallest absolute Gasteiger partial charge is 0.108 e. The van der Waals surface area contributed by atoms with Crippen molar-refractivity contribution in [3.63, 3.8) is 0 Å². The first-order valence-corrected chi connectivity index (χ1v) is 4.77. The second-order valence-corrected chi connectivity index (χ2v) is 3.55. The molecule has 0 saturated carbocycles. The summed E-state index contributed by atoms with van der Waals surface area (Å²) >= 11 is 0. The number of rotatable bonds is 1. The molecule has 3 heteroatoms. The Morgan fingerprint density at radius 2 is 2.27 bits per heavy atom. The molecule has 2 heterocycles. The molecule has 15 heavy (non-hydrogen) atoms. The molecule has 0 aromatic carbocycles. The monoisotopic (exact) mass is 199 g/mol. The molecule has 0 amide bonds. The molecule has 0 aliphatic heterocycles. The molecule has 1 N–H and O–H groups in total. The second kappa shape index (κ2) is 3.35. The molecule has 0 aliphatic rings. The summed E-state index contributed by atoms with van der Waals surface area (Å²) in [4.78, 5) is 11.8. The number of aromatic amines is 1. The standard InChI is InChI=1S/C12H13N3/c1-5-7(2)11-8(3)13-6-10-12(11)15-9(4)14-10/h5-6H,1,3H2,2,4H3,(H,14,15)/b11-7+. The number of hydrogen-bond donors (Lipinski definition) is 1. The van der Waals surface area contributed by atoms with E-state index >= 15 is 0 Å². The van der Waals surface area contributed by atoms with Gasteiger partial charge in [0.25, 0.3) is 0 Å². The summed E-state index contributed by atoms with van der Waals surface area (Å²) in [6.45, 7) is 11.6. The quantitative estimate of drug-likeness (QED) is 0.745. The third kappa shape index (κ3) is 1.46. The maximum atomic E-state index is 4.34. The molecule has 0 atom stereocenters. The van der Waals surface area contributed by atoms with Crippen molar-refractivity contribution in [2.45, 2.75) is 13.8 Å². The number of allylic oxidation sites excluding steroid dienone is 1. The highest BCUT2D eigenvalue weighted by molar-refractivity contribution is 5.78. The Labute approximate surface area is 87.9 Å². The number of nitrogens with zero attached hydrogens (tertiary/aromatic N) is 2. The van der Waals surface area contributed by atoms with E-state index in [-0.39, 0.29) is 0 Å². The molecule has 0 unspecified atom stereocenters. The maximum Gasteiger partial charge on any atom is 0.108 e. The first kappa shape index (κ1) is 9.65. The molecule has 76 valence electrons. The maximum absolute atomic E-state index is 4.34. The van der Waals surface area contributed by atoms with Crippen molar-refractivity contribution in [1.29, 1.82) is 0 Å². The van der Waals surface area contributed by atoms with E-state index in [0.29, 0.717) is 0 Å². The van der Waals surface area contributed by atoms with Gasteiger partial charge < -0.3 is 4.98 Å². The van der Waals surface area contributed by atoms with Gasteiger partial charge in [-0.25, -0.2) is 4.98 Å². The molecular weight excluding hydrogens is 186 g/mol. The Morgan fingerprint density at radius 1 is 1.53 bits per heavy atom. The Kier molecular flexibility index (Phi) is 2.15. The van der Waals surface area contributed by atoms with Crippen LogP contribution in [-0.2, 0) is 0 Å². The van der Waals surface area contributed by atoms with Crippen LogP contribution in [0.15, 0.2) is 18.9 Å². The predicted octanol–water partition coefficient (Wildman–Crippen LogP) is 1.03. The average Bonchev–Trinajstić information content (AvgIpc) is 2.57. The number of H-pyrrole nitrogens is 1. The highest BCUT2D eigenvalue weighted by Crippen LogP contribution is 2.04. The average molecular weight is 199 g/mol. The summed E-state index contributed by atoms with van der Waals surface area (Å²) in [5.74, 6) is 0.885. The van der Waals surface area contributed by atoms with Crippen molar-refractivity contribution in [2.75, 3.05) is 0 Å². The van der Waals surface area contributed by atoms with Gasteiger partial charge >= 0.3 is 0 Å². The van der Waals surface area contributed by atoms with Crippen LogP contribution in [0, 0.1) is 6.92 Å². The van der Waals surface area contributed by atoms with Gasteiger partial charge in [-0.2, -0.15) is 0 Å². The van der Waals surface area contributed by atoms with Crippen LogP contribution in [0.5, 0.6) is 0 Å². The van der Waals surface area contributed by atoms with Crippen molar-refractivity contribution in [2.24, 2.45) is 0 Å². The normalized spacial score (nSPS) is 12.9. The third-order valence-electron chi connectivity index (χ3n) is 2.43. The van der Waals surface area contributed by atoms with Gasteiger partial charge in [0.1, 0.15) is 11.3 Å². The van der Waals surface area contributed by atoms with Gasteiger partial charge in [-0.15, -0.1) is 0 Å². The van der Waals surface area contributed by atoms with Crippen LogP contribution in [0.2, 0.25) is 0 Å². The highest BCUT2D eigenvalue weighted by atomic mass is 14.9. The lowest BCUT2D eigenvalue weighted by atomic mass is 10.2. The Bertz CT molecular complexity index is 635. The minimum absolute atomic E-state index is 0.753. The van der Waals surface area contributed by atoms with Crippen LogP contribution in [0.25, 0.3) is 23.2 Å². The van der Waals surface area contributed by atoms with Crippen LogP contribution >= 0.6 is 0 Å². The van der Waals surface area contributed by atoms with E-state index in [4.69, 9.17) is 0 Å². The van der Waals surface area contributed by atoms with Gasteiger partial charge in [0, 0.05) is 5.22 Å². The predicted molar refractivity (Wildman–Crippen MR) is 62.7 cm³/mol. The van der Waals surface area contributed by atoms with Crippen LogP contribution in [-0.4, -0.2) is 15.0 Å². The zero-order chi connectivity index (χ0) is 11.0. The van der Waals surface area contributed by atoms with Gasteiger partial charge in [0.2, 0.25) is 0 Å². The Morgan fingerprint density at radius 3 is 2.93 bits per heavy atom. The molecule has 2 rings (SSSR count). The van der Waals surface area contributed by atoms with Crippen molar-refractivity contribution in [3.8, 4) is 0 Å². The number of aryl methyl sites for hydroxylation is 1. The van der Waals surface area contributed by atoms with E-state index < -0.39 is 0 Å². The lowest BCUT2D eigenvalue weighted by Crippen LogP contribution is -2.28. The highest BCUT2D eigenvalue weighted by Gasteiger charge is 2.02. The van der Waals surface area contributed by atoms with E-state index in [1.807, 2.05) is 13.8 Å². The fourth-order valence-corrected chi connectivity index (χ4v) is 1.67. The summed E-state index contributed by atoms with van der Waals surface area (Å²) in [7, 11) is 0. The zero-order valence-electron chi connectivity index (χ0n) is 8.96. The topological polar surface area (TPSA) is 41.6 Å². The van der Waals surface area contributed by atoms with E-state index in [1.165, 1.54) is 0 Å². The Balaban J connectivity index is 3.11. The first-order valence-electron chi connectivity index (χ1n) is 4.77. The summed E-state index contributed by atoms with van der Waals surface area (Å²) in [6, 6.07) is 0. The summed E-state index contributed by atoms with van der Waals surface area (Å²) in [5, 5.41) is 1.76. The molecule has 3 nitrogen and oxygen atoms in total. The summed E-state index contributed by atoms with van der Waals surface area (Å²) < 4.78 is 0. The molecule has 0 bridgehead atoms. The van der Waals surface area contributed by atoms with Crippen molar-refractivity contribution in [3.05, 3.63) is 35.2 Å². The molecule has 0 aliphatic carbocycles. The number of nitrogens with one attached hydrogen (secondary N) is 1. The minimum Gasteiger partial charge on any atom is -0.342 e. The lowest BCUT2D eigenvalue weighted by Gasteiger charge is -1.95. The van der Waals surface area contributed by atoms with Crippen molar-refractivity contribution in [1.82, 2.24) is 15.0 Å². The van der Waals surface area contributed by atoms with Crippen LogP contribution in [0.1, 0.15) is 12.7 Å². The molecule has 0 spiro atoms. The number of pyridine rings is 1. The largest absolute Gasteiger partial charge is 0.342 e. The zero-order valence-corrected chi connectivity index (χ0v) is 8.96. The number of hydrogen-bond acceptors (Lipinski definition) is 2. The van der Waals surface area contributed by atoms with E-state index in [1.54, 1.807) is 12.3 Å². The molecule has 2 aromatic heterocycles. The van der Waals surface area contributed by atoms with E-state index in [9.17, 15) is 0 Å². The van der Waals surface area contributed by atoms with E-state index in [0.717, 1.165) is 33.0 Å². The van der Waals surface area contributed by atoms with E-state index in [2.05, 4.69) is 28.1 Å². The fraction of sp³-hybridized carbons (Fsp3) is 0.167. The summed E-state index contributed by atoms with van der Waals surface area (Å²) in [6.07, 6.45) is 3.54. The number of fused-ring (bicyclic) bond motifs is 1. The van der Waals surface area contributed by atoms with Crippen LogP contribution in [0.3, 0.4) is 0 Å². The van der Waals surface area contributed by atoms with Gasteiger partial charge in [0.05, 0.1) is 17.1 Å². The van der Waals surface area contributed by atoms with Crippen molar-refractivity contribution >= 4 is 23.2 Å². The fourth-order valence-electron chi connectivity index (χ4n) is 1.67. The molecule has 0 saturated heterocycles. The van der Waals surface area contributed by atoms with Gasteiger partial charge in [-0.3, -0.25) is 4.98 Å². The van der Waals surface area contributed by atoms with Gasteiger partial charge in [-0.05, 0) is 19.4 Å². The molecular formula is C12H13N3. The Hall–Kier alpha value is -1.90. The third-order valence-corrected chi connectivity index (χ3v) is 2.43. The lowest BCUT2D eigenvalue weighted by molar-refractivity contribution is 1.17. The van der Waals surface area contributed by atoms with Crippen LogP contribution < -0.4 is 10.6 Å². The first-order chi connectivity index (χ1) is 7.13. The number of aromatic nitrogens is 3. The second-order valence-electron chi connectivity index (χ2n) is 3.55. The molecule has 2 aromatic rings. The number of imidazole rings is 1.